The molecular weight excluding hydrogens is 426 g/mol. The van der Waals surface area contributed by atoms with Crippen molar-refractivity contribution in [2.45, 2.75) is 32.1 Å². The van der Waals surface area contributed by atoms with Gasteiger partial charge in [0.25, 0.3) is 5.91 Å². The molecule has 0 spiro atoms. The molecule has 0 atom stereocenters. The van der Waals surface area contributed by atoms with E-state index in [-0.39, 0.29) is 18.2 Å². The van der Waals surface area contributed by atoms with Gasteiger partial charge in [0.05, 0.1) is 17.7 Å². The van der Waals surface area contributed by atoms with Crippen molar-refractivity contribution in [3.63, 3.8) is 0 Å². The van der Waals surface area contributed by atoms with Gasteiger partial charge in [-0.05, 0) is 73.7 Å². The summed E-state index contributed by atoms with van der Waals surface area (Å²) in [5.41, 5.74) is 10.8. The molecule has 0 radical (unpaired) electrons. The highest BCUT2D eigenvalue weighted by Gasteiger charge is 2.26. The van der Waals surface area contributed by atoms with Gasteiger partial charge in [-0.15, -0.1) is 0 Å². The van der Waals surface area contributed by atoms with Crippen molar-refractivity contribution in [2.24, 2.45) is 0 Å². The lowest BCUT2D eigenvalue weighted by Gasteiger charge is -2.30. The molecule has 1 fully saturated rings. The van der Waals surface area contributed by atoms with Gasteiger partial charge in [-0.1, -0.05) is 18.2 Å². The molecular formula is C27H29N5O2. The fourth-order valence-electron chi connectivity index (χ4n) is 4.86. The van der Waals surface area contributed by atoms with E-state index in [1.165, 1.54) is 6.42 Å². The van der Waals surface area contributed by atoms with Gasteiger partial charge < -0.3 is 20.9 Å². The summed E-state index contributed by atoms with van der Waals surface area (Å²) in [7, 11) is 0. The lowest BCUT2D eigenvalue weighted by Crippen LogP contribution is -2.31. The van der Waals surface area contributed by atoms with Gasteiger partial charge in [-0.25, -0.2) is 4.98 Å². The first-order valence-electron chi connectivity index (χ1n) is 11.9. The molecule has 2 aliphatic rings. The van der Waals surface area contributed by atoms with E-state index in [0.717, 1.165) is 55.0 Å². The smallest absolute Gasteiger partial charge is 0.257 e. The van der Waals surface area contributed by atoms with Crippen LogP contribution in [0.5, 0.6) is 0 Å². The molecule has 7 heteroatoms. The zero-order valence-corrected chi connectivity index (χ0v) is 19.2. The molecule has 34 heavy (non-hydrogen) atoms. The number of nitrogens with two attached hydrogens (primary N) is 1. The first-order chi connectivity index (χ1) is 16.6. The Hall–Kier alpha value is -3.87. The molecule has 1 aromatic heterocycles. The van der Waals surface area contributed by atoms with Crippen LogP contribution in [-0.2, 0) is 17.6 Å². The number of pyridine rings is 1. The molecule has 7 nitrogen and oxygen atoms in total. The van der Waals surface area contributed by atoms with Crippen molar-refractivity contribution in [1.29, 1.82) is 0 Å². The molecule has 2 aromatic carbocycles. The number of nitrogens with zero attached hydrogens (tertiary/aromatic N) is 3. The summed E-state index contributed by atoms with van der Waals surface area (Å²) in [5.74, 6) is 0.290. The van der Waals surface area contributed by atoms with Gasteiger partial charge in [0, 0.05) is 36.7 Å². The Bertz CT molecular complexity index is 1220. The van der Waals surface area contributed by atoms with E-state index >= 15 is 0 Å². The third-order valence-corrected chi connectivity index (χ3v) is 6.54. The van der Waals surface area contributed by atoms with Crippen molar-refractivity contribution in [3.05, 3.63) is 77.5 Å². The maximum absolute atomic E-state index is 13.2. The lowest BCUT2D eigenvalue weighted by atomic mass is 10.1. The first kappa shape index (κ1) is 21.9. The zero-order chi connectivity index (χ0) is 23.5. The molecule has 0 bridgehead atoms. The number of amides is 2. The van der Waals surface area contributed by atoms with E-state index in [2.05, 4.69) is 15.2 Å². The Kier molecular flexibility index (Phi) is 6.16. The summed E-state index contributed by atoms with van der Waals surface area (Å²) >= 11 is 0. The molecule has 2 amide bonds. The Labute approximate surface area is 199 Å². The number of piperidine rings is 1. The molecule has 3 N–H and O–H groups in total. The minimum atomic E-state index is -0.111. The number of fused-ring (bicyclic) bond motifs is 1. The average molecular weight is 456 g/mol. The fraction of sp³-hybridized carbons (Fsp3) is 0.296. The average Bonchev–Trinajstić information content (AvgIpc) is 3.28. The van der Waals surface area contributed by atoms with E-state index in [9.17, 15) is 9.59 Å². The van der Waals surface area contributed by atoms with E-state index in [4.69, 9.17) is 5.73 Å². The SMILES string of the molecule is Nc1cccc(CC(=O)N2CCc3cc(NC(=O)c4ccccc4N4CCCCC4)ccc32)n1. The number of anilines is 4. The van der Waals surface area contributed by atoms with Crippen LogP contribution < -0.4 is 20.9 Å². The van der Waals surface area contributed by atoms with Crippen LogP contribution in [0.4, 0.5) is 22.9 Å². The number of nitrogen functional groups attached to an aromatic ring is 1. The number of rotatable bonds is 5. The van der Waals surface area contributed by atoms with Gasteiger partial charge in [0.1, 0.15) is 5.82 Å². The van der Waals surface area contributed by atoms with Gasteiger partial charge in [0.15, 0.2) is 0 Å². The largest absolute Gasteiger partial charge is 0.384 e. The second-order valence-electron chi connectivity index (χ2n) is 8.89. The number of hydrogen-bond acceptors (Lipinski definition) is 5. The third-order valence-electron chi connectivity index (χ3n) is 6.54. The van der Waals surface area contributed by atoms with E-state index < -0.39 is 0 Å². The van der Waals surface area contributed by atoms with Crippen LogP contribution in [-0.4, -0.2) is 36.4 Å². The third kappa shape index (κ3) is 4.59. The number of carbonyl (C=O) groups excluding carboxylic acids is 2. The summed E-state index contributed by atoms with van der Waals surface area (Å²) in [5, 5.41) is 3.06. The predicted molar refractivity (Wildman–Crippen MR) is 135 cm³/mol. The van der Waals surface area contributed by atoms with Crippen molar-refractivity contribution in [2.75, 3.05) is 40.5 Å². The standard InChI is InChI=1S/C27H29N5O2/c28-25-10-6-7-20(29-25)18-26(33)32-16-13-19-17-21(11-12-23(19)32)30-27(34)22-8-2-3-9-24(22)31-14-4-1-5-15-31/h2-3,6-12,17H,1,4-5,13-16,18H2,(H2,28,29)(H,30,34). The zero-order valence-electron chi connectivity index (χ0n) is 19.2. The maximum atomic E-state index is 13.2. The molecule has 0 unspecified atom stereocenters. The molecule has 3 aromatic rings. The van der Waals surface area contributed by atoms with Gasteiger partial charge in [-0.2, -0.15) is 0 Å². The van der Waals surface area contributed by atoms with Crippen LogP contribution in [0.3, 0.4) is 0 Å². The summed E-state index contributed by atoms with van der Waals surface area (Å²) in [6, 6.07) is 18.9. The van der Waals surface area contributed by atoms with Crippen LogP contribution >= 0.6 is 0 Å². The fourth-order valence-corrected chi connectivity index (χ4v) is 4.86. The topological polar surface area (TPSA) is 91.6 Å². The minimum Gasteiger partial charge on any atom is -0.384 e. The van der Waals surface area contributed by atoms with Gasteiger partial charge in [-0.3, -0.25) is 9.59 Å². The lowest BCUT2D eigenvalue weighted by molar-refractivity contribution is -0.117. The van der Waals surface area contributed by atoms with E-state index in [1.807, 2.05) is 48.5 Å². The highest BCUT2D eigenvalue weighted by molar-refractivity contribution is 6.08. The number of hydrogen-bond donors (Lipinski definition) is 2. The Morgan fingerprint density at radius 3 is 2.56 bits per heavy atom. The van der Waals surface area contributed by atoms with Crippen molar-refractivity contribution < 1.29 is 9.59 Å². The highest BCUT2D eigenvalue weighted by Crippen LogP contribution is 2.32. The van der Waals surface area contributed by atoms with Crippen LogP contribution in [0.25, 0.3) is 0 Å². The summed E-state index contributed by atoms with van der Waals surface area (Å²) in [4.78, 5) is 34.4. The molecule has 0 saturated carbocycles. The Morgan fingerprint density at radius 1 is 0.912 bits per heavy atom. The predicted octanol–water partition coefficient (Wildman–Crippen LogP) is 4.04. The molecule has 174 valence electrons. The normalized spacial score (nSPS) is 15.2. The number of carbonyl (C=O) groups is 2. The monoisotopic (exact) mass is 455 g/mol. The number of aromatic nitrogens is 1. The summed E-state index contributed by atoms with van der Waals surface area (Å²) in [6.45, 7) is 2.59. The van der Waals surface area contributed by atoms with Crippen LogP contribution in [0.15, 0.2) is 60.7 Å². The quantitative estimate of drug-likeness (QED) is 0.606. The number of benzene rings is 2. The molecule has 1 saturated heterocycles. The highest BCUT2D eigenvalue weighted by atomic mass is 16.2. The van der Waals surface area contributed by atoms with E-state index in [0.29, 0.717) is 23.6 Å². The summed E-state index contributed by atoms with van der Waals surface area (Å²) < 4.78 is 0. The van der Waals surface area contributed by atoms with Crippen LogP contribution in [0, 0.1) is 0 Å². The van der Waals surface area contributed by atoms with Crippen molar-refractivity contribution >= 4 is 34.7 Å². The minimum absolute atomic E-state index is 0.0101. The van der Waals surface area contributed by atoms with E-state index in [1.54, 1.807) is 17.0 Å². The number of nitrogens with one attached hydrogen (secondary N) is 1. The molecule has 3 heterocycles. The molecule has 2 aliphatic heterocycles. The van der Waals surface area contributed by atoms with Crippen LogP contribution in [0.1, 0.15) is 40.9 Å². The van der Waals surface area contributed by atoms with Crippen LogP contribution in [0.2, 0.25) is 0 Å². The molecule has 5 rings (SSSR count). The second kappa shape index (κ2) is 9.55. The Morgan fingerprint density at radius 2 is 1.74 bits per heavy atom. The maximum Gasteiger partial charge on any atom is 0.257 e. The van der Waals surface area contributed by atoms with Crippen molar-refractivity contribution in [1.82, 2.24) is 4.98 Å². The summed E-state index contributed by atoms with van der Waals surface area (Å²) in [6.07, 6.45) is 4.51. The Balaban J connectivity index is 1.29. The first-order valence-corrected chi connectivity index (χ1v) is 11.9. The number of para-hydroxylation sites is 1. The van der Waals surface area contributed by atoms with Gasteiger partial charge >= 0.3 is 0 Å². The van der Waals surface area contributed by atoms with Crippen molar-refractivity contribution in [3.8, 4) is 0 Å². The second-order valence-corrected chi connectivity index (χ2v) is 8.89. The molecule has 0 aliphatic carbocycles. The van der Waals surface area contributed by atoms with Gasteiger partial charge in [0.2, 0.25) is 5.91 Å².